The summed E-state index contributed by atoms with van der Waals surface area (Å²) < 4.78 is 98.6. The second kappa shape index (κ2) is 38.1. The normalized spacial score (nSPS) is 14.3. The van der Waals surface area contributed by atoms with Crippen LogP contribution in [-0.2, 0) is 93.3 Å². The molecule has 0 N–H and O–H groups in total. The molecule has 1 atom stereocenters. The van der Waals surface area contributed by atoms with Gasteiger partial charge < -0.3 is 0 Å². The summed E-state index contributed by atoms with van der Waals surface area (Å²) in [6.07, 6.45) is 8.18. The third kappa shape index (κ3) is 25.4. The van der Waals surface area contributed by atoms with Gasteiger partial charge in [0.1, 0.15) is 35.2 Å². The lowest BCUT2D eigenvalue weighted by Gasteiger charge is -2.29. The zero-order chi connectivity index (χ0) is 94.7. The van der Waals surface area contributed by atoms with Crippen molar-refractivity contribution in [1.82, 2.24) is 0 Å². The molecule has 0 radical (unpaired) electrons. The number of nitrogens with zero attached hydrogens (tertiary/aromatic N) is 5. The van der Waals surface area contributed by atoms with Crippen LogP contribution in [0.15, 0.2) is 158 Å². The van der Waals surface area contributed by atoms with Crippen molar-refractivity contribution in [3.05, 3.63) is 264 Å². The van der Waals surface area contributed by atoms with Crippen molar-refractivity contribution in [2.45, 2.75) is 300 Å². The summed E-state index contributed by atoms with van der Waals surface area (Å²) in [5.41, 5.74) is 32.9. The molecule has 10 aromatic rings. The fourth-order valence-electron chi connectivity index (χ4n) is 15.3. The zero-order valence-electron chi connectivity index (χ0n) is 88.5. The molecular weight excluding hydrogens is 1370 g/mol. The lowest BCUT2D eigenvalue weighted by atomic mass is 9.75. The Kier molecular flexibility index (Phi) is 26.1. The van der Waals surface area contributed by atoms with Crippen LogP contribution in [0.3, 0.4) is 0 Å². The quantitative estimate of drug-likeness (QED) is 0.103. The van der Waals surface area contributed by atoms with Gasteiger partial charge in [0, 0.05) is 101 Å². The first-order chi connectivity index (χ1) is 56.3. The van der Waals surface area contributed by atoms with Crippen LogP contribution in [0.4, 0.5) is 0 Å². The second-order valence-electron chi connectivity index (χ2n) is 39.6. The summed E-state index contributed by atoms with van der Waals surface area (Å²) in [6.45, 7) is 65.7. The first-order valence-electron chi connectivity index (χ1n) is 47.0. The Balaban J connectivity index is 0.000000241. The highest BCUT2D eigenvalue weighted by Crippen LogP contribution is 2.40. The van der Waals surface area contributed by atoms with Crippen LogP contribution in [0.2, 0.25) is 0 Å². The van der Waals surface area contributed by atoms with Gasteiger partial charge in [0.15, 0.2) is 31.0 Å². The van der Waals surface area contributed by atoms with Crippen LogP contribution < -0.4 is 22.8 Å². The molecule has 0 aliphatic rings. The van der Waals surface area contributed by atoms with E-state index in [-0.39, 0.29) is 49.2 Å². The molecule has 5 aromatic carbocycles. The molecule has 5 nitrogen and oxygen atoms in total. The SMILES string of the molecule is Cc1ccc(-c2cc(C(C)(C)C)c(C(C)(C)C)c[n+]2C)c(C)c1.Cc1ccc(-c2cc(CC(C)C)c(CC(C)C)c[n+]2C)c(C)c1.Cc1ccccc1-c1cc(C(C)(C)C)c(C(C)(C)C)c[n+]1C.[2H]C(C)C([2H])([2H])c1c[n+](C)c(-c2ccc(C([2H])([2H])[2H])cc2C)cc1C([2H])([2H])C(C)C.[2H]C([2H])([2H])c1ccc(-c2cc(C(C)(C)C)c(C(C)(C)C)c[n+]2C)c(C)c1. The number of rotatable bonds is 13. The number of aromatic nitrogens is 5. The van der Waals surface area contributed by atoms with E-state index in [0.29, 0.717) is 23.1 Å². The first-order valence-corrected chi connectivity index (χ1v) is 41.4. The van der Waals surface area contributed by atoms with Gasteiger partial charge in [-0.3, -0.25) is 0 Å². The molecule has 113 heavy (non-hydrogen) atoms. The van der Waals surface area contributed by atoms with Gasteiger partial charge in [-0.2, -0.15) is 0 Å². The van der Waals surface area contributed by atoms with E-state index in [0.717, 1.165) is 40.8 Å². The summed E-state index contributed by atoms with van der Waals surface area (Å²) in [5, 5.41) is 0. The maximum Gasteiger partial charge on any atom is 0.212 e. The van der Waals surface area contributed by atoms with E-state index < -0.39 is 38.8 Å². The number of hydrogen-bond acceptors (Lipinski definition) is 0. The van der Waals surface area contributed by atoms with Crippen molar-refractivity contribution in [1.29, 1.82) is 0 Å². The molecule has 5 aromatic heterocycles. The molecule has 0 spiro atoms. The Morgan fingerprint density at radius 3 is 0.858 bits per heavy atom. The topological polar surface area (TPSA) is 19.4 Å². The fraction of sp³-hybridized carbons (Fsp3) is 0.491. The largest absolute Gasteiger partial charge is 0.212 e. The van der Waals surface area contributed by atoms with Crippen LogP contribution in [0.25, 0.3) is 56.3 Å². The average molecular weight is 1540 g/mol. The van der Waals surface area contributed by atoms with Crippen molar-refractivity contribution in [2.24, 2.45) is 53.0 Å². The van der Waals surface area contributed by atoms with Crippen LogP contribution >= 0.6 is 0 Å². The molecule has 0 amide bonds. The number of pyridine rings is 5. The Hall–Kier alpha value is -8.15. The molecule has 0 saturated carbocycles. The predicted molar refractivity (Wildman–Crippen MR) is 490 cm³/mol. The Morgan fingerprint density at radius 2 is 0.566 bits per heavy atom. The van der Waals surface area contributed by atoms with Gasteiger partial charge in [-0.05, 0) is 224 Å². The van der Waals surface area contributed by atoms with E-state index in [1.165, 1.54) is 113 Å². The highest BCUT2D eigenvalue weighted by molar-refractivity contribution is 5.67. The summed E-state index contributed by atoms with van der Waals surface area (Å²) in [7, 11) is 10.3. The molecule has 10 rings (SSSR count). The minimum Gasteiger partial charge on any atom is -0.201 e. The lowest BCUT2D eigenvalue weighted by molar-refractivity contribution is -0.661. The third-order valence-electron chi connectivity index (χ3n) is 21.1. The summed E-state index contributed by atoms with van der Waals surface area (Å²) >= 11 is 0. The van der Waals surface area contributed by atoms with E-state index in [2.05, 4.69) is 343 Å². The van der Waals surface area contributed by atoms with E-state index >= 15 is 0 Å². The van der Waals surface area contributed by atoms with E-state index in [9.17, 15) is 0 Å². The highest BCUT2D eigenvalue weighted by atomic mass is 14.9. The zero-order valence-corrected chi connectivity index (χ0v) is 77.5. The average Bonchev–Trinajstić information content (AvgIpc) is 0.779. The Labute approximate surface area is 707 Å². The summed E-state index contributed by atoms with van der Waals surface area (Å²) in [6, 6.07) is 43.6. The van der Waals surface area contributed by atoms with Gasteiger partial charge in [-0.1, -0.05) is 268 Å². The monoisotopic (exact) mass is 1530 g/mol. The van der Waals surface area contributed by atoms with Crippen molar-refractivity contribution in [2.75, 3.05) is 0 Å². The first kappa shape index (κ1) is 77.4. The van der Waals surface area contributed by atoms with Crippen LogP contribution in [0.1, 0.15) is 300 Å². The molecule has 0 aliphatic heterocycles. The minimum atomic E-state index is -2.21. The number of benzene rings is 5. The molecular formula is C108H156N5+5. The third-order valence-corrected chi connectivity index (χ3v) is 21.1. The smallest absolute Gasteiger partial charge is 0.201 e. The number of aryl methyl sites for hydroxylation is 15. The van der Waals surface area contributed by atoms with Gasteiger partial charge in [0.2, 0.25) is 28.5 Å². The molecule has 5 heteroatoms. The fourth-order valence-corrected chi connectivity index (χ4v) is 15.3. The van der Waals surface area contributed by atoms with E-state index in [4.69, 9.17) is 15.1 Å². The Morgan fingerprint density at radius 1 is 0.292 bits per heavy atom. The summed E-state index contributed by atoms with van der Waals surface area (Å²) in [4.78, 5) is 0. The highest BCUT2D eigenvalue weighted by Gasteiger charge is 2.34. The maximum atomic E-state index is 8.64. The predicted octanol–water partition coefficient (Wildman–Crippen LogP) is 26.0. The van der Waals surface area contributed by atoms with Gasteiger partial charge in [-0.25, -0.2) is 22.8 Å². The number of hydrogen-bond donors (Lipinski definition) is 0. The van der Waals surface area contributed by atoms with E-state index in [1.807, 2.05) is 13.0 Å². The second-order valence-corrected chi connectivity index (χ2v) is 39.6. The molecule has 1 unspecified atom stereocenters. The molecule has 608 valence electrons. The van der Waals surface area contributed by atoms with Crippen molar-refractivity contribution >= 4 is 0 Å². The molecule has 0 aliphatic carbocycles. The van der Waals surface area contributed by atoms with Crippen LogP contribution in [-0.4, -0.2) is 0 Å². The van der Waals surface area contributed by atoms with Gasteiger partial charge >= 0.3 is 0 Å². The molecule has 0 fully saturated rings. The maximum absolute atomic E-state index is 8.64. The molecule has 0 saturated heterocycles. The van der Waals surface area contributed by atoms with E-state index in [1.54, 1.807) is 75.0 Å². The molecule has 5 heterocycles. The van der Waals surface area contributed by atoms with Crippen LogP contribution in [0.5, 0.6) is 0 Å². The lowest BCUT2D eigenvalue weighted by Crippen LogP contribution is -2.36. The Bertz CT molecular complexity index is 5400. The van der Waals surface area contributed by atoms with Crippen molar-refractivity contribution in [3.63, 3.8) is 0 Å². The van der Waals surface area contributed by atoms with Gasteiger partial charge in [-0.15, -0.1) is 0 Å². The standard InChI is InChI=1S/3C22H32N.2C21H30N/c2*1-15-10-11-17(16(2)12-15)20-13-18(21(3,4)5)19(14-23(20)9)22(6,7)8;1-15(2)10-19-13-22(21-9-8-17(5)12-18(21)6)23(7)14-20(19)11-16(3)4;1-15-11-9-10-12-16(15)19-13-17(20(2,3)4)18(14-22(19)8)21(5,6)7;1-7-8-18-14-22(6)21(13-19(18)11-15(2)3)20-10-9-16(4)12-17(20)5/h2*10-14H,1-9H3;8-9,12-16H,10-11H2,1-7H3;9-14H,1-8H3;9-10,12-15H,7-8,11H2,1-6H3/q5*+1/i1D3;;;;4D3,7D,8D2,11D2. The minimum absolute atomic E-state index is 0.0260. The van der Waals surface area contributed by atoms with Crippen LogP contribution in [0, 0.1) is 79.9 Å². The van der Waals surface area contributed by atoms with Gasteiger partial charge in [0.05, 0.1) is 0 Å². The van der Waals surface area contributed by atoms with Gasteiger partial charge in [0.25, 0.3) is 0 Å². The summed E-state index contributed by atoms with van der Waals surface area (Å²) in [5.74, 6) is 0.959. The van der Waals surface area contributed by atoms with Crippen molar-refractivity contribution in [3.8, 4) is 56.3 Å². The molecule has 0 bridgehead atoms. The van der Waals surface area contributed by atoms with Crippen molar-refractivity contribution < 1.29 is 37.9 Å².